The number of ether oxygens (including phenoxy) is 1. The Labute approximate surface area is 173 Å². The summed E-state index contributed by atoms with van der Waals surface area (Å²) in [5.74, 6) is 0.262. The molecule has 0 aliphatic rings. The van der Waals surface area contributed by atoms with Gasteiger partial charge >= 0.3 is 0 Å². The largest absolute Gasteiger partial charge is 0.497 e. The number of benzene rings is 2. The van der Waals surface area contributed by atoms with E-state index in [0.717, 1.165) is 27.3 Å². The first-order chi connectivity index (χ1) is 13.6. The van der Waals surface area contributed by atoms with Crippen LogP contribution in [0.5, 0.6) is 5.75 Å². The van der Waals surface area contributed by atoms with Crippen LogP contribution in [0.3, 0.4) is 0 Å². The minimum Gasteiger partial charge on any atom is -0.497 e. The zero-order chi connectivity index (χ0) is 21.8. The second-order valence-electron chi connectivity index (χ2n) is 7.26. The maximum Gasteiger partial charge on any atom is 0.244 e. The molecular formula is C22H30N2O4S. The van der Waals surface area contributed by atoms with Crippen molar-refractivity contribution in [3.63, 3.8) is 0 Å². The summed E-state index contributed by atoms with van der Waals surface area (Å²) in [4.78, 5) is 13.0. The van der Waals surface area contributed by atoms with Gasteiger partial charge < -0.3 is 10.1 Å². The number of carbonyl (C=O) groups is 1. The lowest BCUT2D eigenvalue weighted by Crippen LogP contribution is -2.48. The highest BCUT2D eigenvalue weighted by atomic mass is 32.2. The van der Waals surface area contributed by atoms with E-state index < -0.39 is 16.1 Å². The summed E-state index contributed by atoms with van der Waals surface area (Å²) in [5, 5.41) is 3.02. The maximum atomic E-state index is 13.0. The van der Waals surface area contributed by atoms with Gasteiger partial charge in [-0.15, -0.1) is 0 Å². The van der Waals surface area contributed by atoms with Crippen molar-refractivity contribution in [2.75, 3.05) is 17.7 Å². The predicted octanol–water partition coefficient (Wildman–Crippen LogP) is 3.73. The molecule has 2 aromatic rings. The van der Waals surface area contributed by atoms with Crippen LogP contribution in [0, 0.1) is 13.8 Å². The van der Waals surface area contributed by atoms with Crippen molar-refractivity contribution in [3.05, 3.63) is 59.2 Å². The van der Waals surface area contributed by atoms with Crippen LogP contribution >= 0.6 is 0 Å². The highest BCUT2D eigenvalue weighted by molar-refractivity contribution is 7.92. The molecule has 29 heavy (non-hydrogen) atoms. The quantitative estimate of drug-likeness (QED) is 0.709. The topological polar surface area (TPSA) is 75.7 Å². The summed E-state index contributed by atoms with van der Waals surface area (Å²) < 4.78 is 31.2. The lowest BCUT2D eigenvalue weighted by molar-refractivity contribution is -0.122. The molecule has 0 heterocycles. The van der Waals surface area contributed by atoms with Crippen LogP contribution in [-0.4, -0.2) is 33.7 Å². The number of carbonyl (C=O) groups excluding carboxylic acids is 1. The molecule has 2 rings (SSSR count). The number of sulfonamides is 1. The van der Waals surface area contributed by atoms with E-state index >= 15 is 0 Å². The second-order valence-corrected chi connectivity index (χ2v) is 9.12. The van der Waals surface area contributed by atoms with Gasteiger partial charge in [0, 0.05) is 0 Å². The standard InChI is InChI=1S/C22H30N2O4S/c1-7-21(20-13-8-15(2)14-16(20)3)23-22(25)17(4)24(29(6,26)27)18-9-11-19(28-5)12-10-18/h8-14,17,21H,7H2,1-6H3,(H,23,25). The molecule has 0 bridgehead atoms. The zero-order valence-corrected chi connectivity index (χ0v) is 18.7. The summed E-state index contributed by atoms with van der Waals surface area (Å²) in [6, 6.07) is 11.6. The summed E-state index contributed by atoms with van der Waals surface area (Å²) in [6.45, 7) is 7.63. The molecule has 0 aromatic heterocycles. The van der Waals surface area contributed by atoms with Crippen LogP contribution < -0.4 is 14.4 Å². The van der Waals surface area contributed by atoms with Crippen LogP contribution in [0.2, 0.25) is 0 Å². The number of aryl methyl sites for hydroxylation is 2. The fourth-order valence-corrected chi connectivity index (χ4v) is 4.62. The van der Waals surface area contributed by atoms with E-state index in [-0.39, 0.29) is 11.9 Å². The lowest BCUT2D eigenvalue weighted by atomic mass is 9.97. The van der Waals surface area contributed by atoms with Crippen molar-refractivity contribution in [2.24, 2.45) is 0 Å². The molecule has 158 valence electrons. The minimum atomic E-state index is -3.67. The van der Waals surface area contributed by atoms with E-state index in [2.05, 4.69) is 11.4 Å². The van der Waals surface area contributed by atoms with Gasteiger partial charge in [-0.2, -0.15) is 0 Å². The number of hydrogen-bond acceptors (Lipinski definition) is 4. The number of anilines is 1. The molecule has 0 radical (unpaired) electrons. The van der Waals surface area contributed by atoms with Crippen molar-refractivity contribution >= 4 is 21.6 Å². The van der Waals surface area contributed by atoms with Crippen LogP contribution in [0.4, 0.5) is 5.69 Å². The monoisotopic (exact) mass is 418 g/mol. The van der Waals surface area contributed by atoms with E-state index in [9.17, 15) is 13.2 Å². The number of rotatable bonds is 8. The molecule has 2 aromatic carbocycles. The van der Waals surface area contributed by atoms with Crippen molar-refractivity contribution in [1.29, 1.82) is 0 Å². The van der Waals surface area contributed by atoms with Gasteiger partial charge in [0.25, 0.3) is 0 Å². The summed E-state index contributed by atoms with van der Waals surface area (Å²) in [5.41, 5.74) is 3.70. The first-order valence-electron chi connectivity index (χ1n) is 9.59. The van der Waals surface area contributed by atoms with Gasteiger partial charge in [0.05, 0.1) is 25.1 Å². The Morgan fingerprint density at radius 2 is 1.76 bits per heavy atom. The smallest absolute Gasteiger partial charge is 0.244 e. The highest BCUT2D eigenvalue weighted by Crippen LogP contribution is 2.26. The first kappa shape index (κ1) is 22.7. The van der Waals surface area contributed by atoms with Gasteiger partial charge in [-0.05, 0) is 62.6 Å². The highest BCUT2D eigenvalue weighted by Gasteiger charge is 2.30. The van der Waals surface area contributed by atoms with Crippen molar-refractivity contribution < 1.29 is 17.9 Å². The Morgan fingerprint density at radius 3 is 2.24 bits per heavy atom. The van der Waals surface area contributed by atoms with Crippen molar-refractivity contribution in [2.45, 2.75) is 46.2 Å². The van der Waals surface area contributed by atoms with E-state index in [1.54, 1.807) is 31.2 Å². The number of hydrogen-bond donors (Lipinski definition) is 1. The number of methoxy groups -OCH3 is 1. The molecule has 1 N–H and O–H groups in total. The van der Waals surface area contributed by atoms with Crippen LogP contribution in [0.25, 0.3) is 0 Å². The molecule has 0 fully saturated rings. The van der Waals surface area contributed by atoms with E-state index in [1.165, 1.54) is 7.11 Å². The SMILES string of the molecule is CCC(NC(=O)C(C)N(c1ccc(OC)cc1)S(C)(=O)=O)c1ccc(C)cc1C. The lowest BCUT2D eigenvalue weighted by Gasteiger charge is -2.30. The maximum absolute atomic E-state index is 13.0. The Hall–Kier alpha value is -2.54. The molecule has 6 nitrogen and oxygen atoms in total. The zero-order valence-electron chi connectivity index (χ0n) is 17.9. The normalized spacial score (nSPS) is 13.4. The number of nitrogens with one attached hydrogen (secondary N) is 1. The summed E-state index contributed by atoms with van der Waals surface area (Å²) >= 11 is 0. The third kappa shape index (κ3) is 5.50. The van der Waals surface area contributed by atoms with Crippen LogP contribution in [0.15, 0.2) is 42.5 Å². The molecule has 0 aliphatic carbocycles. The average Bonchev–Trinajstić information content (AvgIpc) is 2.66. The van der Waals surface area contributed by atoms with Gasteiger partial charge in [0.15, 0.2) is 0 Å². The van der Waals surface area contributed by atoms with Crippen molar-refractivity contribution in [3.8, 4) is 5.75 Å². The Bertz CT molecular complexity index is 955. The third-order valence-corrected chi connectivity index (χ3v) is 6.18. The number of amides is 1. The average molecular weight is 419 g/mol. The molecule has 2 unspecified atom stereocenters. The Balaban J connectivity index is 2.30. The Morgan fingerprint density at radius 1 is 1.14 bits per heavy atom. The van der Waals surface area contributed by atoms with Gasteiger partial charge in [-0.25, -0.2) is 8.42 Å². The molecule has 0 saturated heterocycles. The van der Waals surface area contributed by atoms with Crippen molar-refractivity contribution in [1.82, 2.24) is 5.32 Å². The summed E-state index contributed by atoms with van der Waals surface area (Å²) in [6.07, 6.45) is 1.80. The Kier molecular flexibility index (Phi) is 7.30. The van der Waals surface area contributed by atoms with Gasteiger partial charge in [-0.3, -0.25) is 9.10 Å². The fraction of sp³-hybridized carbons (Fsp3) is 0.409. The molecule has 2 atom stereocenters. The molecule has 0 spiro atoms. The van der Waals surface area contributed by atoms with E-state index in [0.29, 0.717) is 17.9 Å². The third-order valence-electron chi connectivity index (χ3n) is 4.94. The second kappa shape index (κ2) is 9.31. The molecule has 1 amide bonds. The molecule has 0 saturated carbocycles. The molecule has 0 aliphatic heterocycles. The van der Waals surface area contributed by atoms with Gasteiger partial charge in [-0.1, -0.05) is 30.7 Å². The van der Waals surface area contributed by atoms with E-state index in [4.69, 9.17) is 4.74 Å². The van der Waals surface area contributed by atoms with E-state index in [1.807, 2.05) is 32.9 Å². The summed E-state index contributed by atoms with van der Waals surface area (Å²) in [7, 11) is -2.13. The van der Waals surface area contributed by atoms with Crippen LogP contribution in [0.1, 0.15) is 43.0 Å². The molecular weight excluding hydrogens is 388 g/mol. The fourth-order valence-electron chi connectivity index (χ4n) is 3.45. The molecule has 7 heteroatoms. The van der Waals surface area contributed by atoms with Gasteiger partial charge in [0.1, 0.15) is 11.8 Å². The predicted molar refractivity (Wildman–Crippen MR) is 117 cm³/mol. The van der Waals surface area contributed by atoms with Crippen LogP contribution in [-0.2, 0) is 14.8 Å². The number of nitrogens with zero attached hydrogens (tertiary/aromatic N) is 1. The first-order valence-corrected chi connectivity index (χ1v) is 11.4. The minimum absolute atomic E-state index is 0.192. The van der Waals surface area contributed by atoms with Gasteiger partial charge in [0.2, 0.25) is 15.9 Å².